The van der Waals surface area contributed by atoms with E-state index in [0.717, 1.165) is 0 Å². The molecule has 0 aliphatic carbocycles. The van der Waals surface area contributed by atoms with Crippen molar-refractivity contribution in [2.24, 2.45) is 0 Å². The Labute approximate surface area is 103 Å². The minimum atomic E-state index is -0.422. The summed E-state index contributed by atoms with van der Waals surface area (Å²) >= 11 is 6.33. The number of carbonyl (C=O) groups is 1. The zero-order chi connectivity index (χ0) is 11.0. The molecule has 1 aromatic rings. The van der Waals surface area contributed by atoms with Gasteiger partial charge in [0.15, 0.2) is 5.78 Å². The summed E-state index contributed by atoms with van der Waals surface area (Å²) in [6.07, 6.45) is 0.590. The Morgan fingerprint density at radius 1 is 1.47 bits per heavy atom. The first-order valence-electron chi connectivity index (χ1n) is 4.39. The van der Waals surface area contributed by atoms with Crippen LogP contribution in [0, 0.1) is 5.82 Å². The van der Waals surface area contributed by atoms with Crippen molar-refractivity contribution in [1.82, 2.24) is 0 Å². The highest BCUT2D eigenvalue weighted by Crippen LogP contribution is 2.31. The molecule has 5 heteroatoms. The number of alkyl halides is 1. The van der Waals surface area contributed by atoms with Crippen molar-refractivity contribution in [1.29, 1.82) is 0 Å². The van der Waals surface area contributed by atoms with Crippen LogP contribution in [0.5, 0.6) is 5.75 Å². The van der Waals surface area contributed by atoms with Gasteiger partial charge in [-0.05, 0) is 22.0 Å². The van der Waals surface area contributed by atoms with E-state index < -0.39 is 5.82 Å². The molecule has 1 unspecified atom stereocenters. The molecule has 0 radical (unpaired) electrons. The second-order valence-electron chi connectivity index (χ2n) is 3.23. The molecule has 0 saturated carbocycles. The van der Waals surface area contributed by atoms with Crippen molar-refractivity contribution in [2.75, 3.05) is 6.61 Å². The van der Waals surface area contributed by atoms with Crippen molar-refractivity contribution >= 4 is 37.6 Å². The largest absolute Gasteiger partial charge is 0.493 e. The maximum atomic E-state index is 13.2. The maximum absolute atomic E-state index is 13.2. The van der Waals surface area contributed by atoms with E-state index in [9.17, 15) is 9.18 Å². The SMILES string of the molecule is O=C1c2cc(Br)c(F)cc2OCCC1Br. The zero-order valence-corrected chi connectivity index (χ0v) is 10.8. The van der Waals surface area contributed by atoms with Crippen LogP contribution >= 0.6 is 31.9 Å². The van der Waals surface area contributed by atoms with Crippen LogP contribution in [0.25, 0.3) is 0 Å². The van der Waals surface area contributed by atoms with Gasteiger partial charge in [-0.2, -0.15) is 0 Å². The summed E-state index contributed by atoms with van der Waals surface area (Å²) in [4.78, 5) is 11.6. The van der Waals surface area contributed by atoms with Gasteiger partial charge in [0.25, 0.3) is 0 Å². The molecule has 0 fully saturated rings. The van der Waals surface area contributed by atoms with Crippen LogP contribution in [0.1, 0.15) is 16.8 Å². The molecule has 0 spiro atoms. The van der Waals surface area contributed by atoms with Gasteiger partial charge in [0.1, 0.15) is 11.6 Å². The molecular weight excluding hydrogens is 331 g/mol. The number of carbonyl (C=O) groups excluding carboxylic acids is 1. The molecule has 2 rings (SSSR count). The molecule has 1 aliphatic rings. The molecule has 0 amide bonds. The quantitative estimate of drug-likeness (QED) is 0.679. The standard InChI is InChI=1S/C10H7Br2FO2/c11-6-1-2-15-9-4-8(13)7(12)3-5(9)10(6)14/h3-4,6H,1-2H2. The maximum Gasteiger partial charge on any atom is 0.180 e. The zero-order valence-electron chi connectivity index (χ0n) is 7.60. The van der Waals surface area contributed by atoms with Crippen molar-refractivity contribution in [3.63, 3.8) is 0 Å². The Bertz CT molecular complexity index is 420. The number of benzene rings is 1. The molecule has 1 heterocycles. The summed E-state index contributed by atoms with van der Waals surface area (Å²) in [6.45, 7) is 0.412. The topological polar surface area (TPSA) is 26.3 Å². The Balaban J connectivity index is 2.54. The highest BCUT2D eigenvalue weighted by atomic mass is 79.9. The molecule has 0 N–H and O–H groups in total. The molecule has 0 aromatic heterocycles. The molecule has 0 saturated heterocycles. The first kappa shape index (κ1) is 11.1. The number of hydrogen-bond donors (Lipinski definition) is 0. The molecule has 15 heavy (non-hydrogen) atoms. The van der Waals surface area contributed by atoms with Gasteiger partial charge in [0.2, 0.25) is 0 Å². The van der Waals surface area contributed by atoms with Crippen molar-refractivity contribution in [2.45, 2.75) is 11.2 Å². The van der Waals surface area contributed by atoms with Crippen molar-refractivity contribution in [3.8, 4) is 5.75 Å². The average molecular weight is 338 g/mol. The second kappa shape index (κ2) is 4.22. The Hall–Kier alpha value is -0.420. The number of ether oxygens (including phenoxy) is 1. The van der Waals surface area contributed by atoms with Crippen LogP contribution < -0.4 is 4.74 Å². The highest BCUT2D eigenvalue weighted by Gasteiger charge is 2.25. The van der Waals surface area contributed by atoms with Gasteiger partial charge in [-0.25, -0.2) is 4.39 Å². The Kier molecular flexibility index (Phi) is 3.11. The summed E-state index contributed by atoms with van der Waals surface area (Å²) in [5, 5.41) is 0. The smallest absolute Gasteiger partial charge is 0.180 e. The number of fused-ring (bicyclic) bond motifs is 1. The second-order valence-corrected chi connectivity index (χ2v) is 5.19. The summed E-state index contributed by atoms with van der Waals surface area (Å²) in [5.41, 5.74) is 0.419. The molecule has 0 bridgehead atoms. The van der Waals surface area contributed by atoms with Gasteiger partial charge >= 0.3 is 0 Å². The fraction of sp³-hybridized carbons (Fsp3) is 0.300. The van der Waals surface area contributed by atoms with Crippen LogP contribution in [-0.4, -0.2) is 17.2 Å². The van der Waals surface area contributed by atoms with Gasteiger partial charge in [-0.15, -0.1) is 0 Å². The van der Waals surface area contributed by atoms with E-state index in [-0.39, 0.29) is 15.1 Å². The fourth-order valence-electron chi connectivity index (χ4n) is 1.41. The van der Waals surface area contributed by atoms with E-state index in [0.29, 0.717) is 24.3 Å². The monoisotopic (exact) mass is 336 g/mol. The van der Waals surface area contributed by atoms with E-state index >= 15 is 0 Å². The molecule has 1 aromatic carbocycles. The first-order chi connectivity index (χ1) is 7.09. The summed E-state index contributed by atoms with van der Waals surface area (Å²) in [7, 11) is 0. The number of rotatable bonds is 0. The first-order valence-corrected chi connectivity index (χ1v) is 6.10. The van der Waals surface area contributed by atoms with Gasteiger partial charge in [-0.1, -0.05) is 15.9 Å². The predicted octanol–water partition coefficient (Wildman–Crippen LogP) is 3.32. The predicted molar refractivity (Wildman–Crippen MR) is 61.3 cm³/mol. The van der Waals surface area contributed by atoms with Crippen molar-refractivity contribution < 1.29 is 13.9 Å². The third kappa shape index (κ3) is 2.08. The molecule has 1 atom stereocenters. The minimum Gasteiger partial charge on any atom is -0.493 e. The number of hydrogen-bond acceptors (Lipinski definition) is 2. The van der Waals surface area contributed by atoms with Gasteiger partial charge in [0.05, 0.1) is 21.5 Å². The lowest BCUT2D eigenvalue weighted by atomic mass is 10.1. The third-order valence-electron chi connectivity index (χ3n) is 2.20. The Morgan fingerprint density at radius 2 is 2.20 bits per heavy atom. The molecular formula is C10H7Br2FO2. The van der Waals surface area contributed by atoms with E-state index in [4.69, 9.17) is 4.74 Å². The summed E-state index contributed by atoms with van der Waals surface area (Å²) < 4.78 is 18.8. The van der Waals surface area contributed by atoms with E-state index in [1.165, 1.54) is 12.1 Å². The Morgan fingerprint density at radius 3 is 2.93 bits per heavy atom. The van der Waals surface area contributed by atoms with Gasteiger partial charge in [-0.3, -0.25) is 4.79 Å². The lowest BCUT2D eigenvalue weighted by Crippen LogP contribution is -2.13. The van der Waals surface area contributed by atoms with Crippen LogP contribution in [0.2, 0.25) is 0 Å². The van der Waals surface area contributed by atoms with Crippen molar-refractivity contribution in [3.05, 3.63) is 28.0 Å². The number of halogens is 3. The number of ketones is 1. The van der Waals surface area contributed by atoms with Crippen LogP contribution in [0.4, 0.5) is 4.39 Å². The summed E-state index contributed by atoms with van der Waals surface area (Å²) in [5.74, 6) is -0.166. The third-order valence-corrected chi connectivity index (χ3v) is 3.68. The van der Waals surface area contributed by atoms with Crippen LogP contribution in [-0.2, 0) is 0 Å². The molecule has 1 aliphatic heterocycles. The lowest BCUT2D eigenvalue weighted by molar-refractivity contribution is 0.0991. The van der Waals surface area contributed by atoms with Gasteiger partial charge in [0, 0.05) is 12.5 Å². The van der Waals surface area contributed by atoms with E-state index in [2.05, 4.69) is 31.9 Å². The average Bonchev–Trinajstić information content (AvgIpc) is 2.32. The van der Waals surface area contributed by atoms with Gasteiger partial charge < -0.3 is 4.74 Å². The highest BCUT2D eigenvalue weighted by molar-refractivity contribution is 9.10. The van der Waals surface area contributed by atoms with Crippen LogP contribution in [0.3, 0.4) is 0 Å². The van der Waals surface area contributed by atoms with Crippen LogP contribution in [0.15, 0.2) is 16.6 Å². The summed E-state index contributed by atoms with van der Waals surface area (Å²) in [6, 6.07) is 2.70. The normalized spacial score (nSPS) is 20.5. The molecule has 2 nitrogen and oxygen atoms in total. The fourth-order valence-corrected chi connectivity index (χ4v) is 2.19. The number of Topliss-reactive ketones (excluding diaryl/α,β-unsaturated/α-hetero) is 1. The minimum absolute atomic E-state index is 0.0665. The van der Waals surface area contributed by atoms with E-state index in [1.807, 2.05) is 0 Å². The molecule has 80 valence electrons. The van der Waals surface area contributed by atoms with E-state index in [1.54, 1.807) is 0 Å². The lowest BCUT2D eigenvalue weighted by Gasteiger charge is -2.07.